The molecular formula is C27H32Cl2N4O7S. The number of nitrogens with zero attached hydrogens (tertiary/aromatic N) is 4. The van der Waals surface area contributed by atoms with Gasteiger partial charge in [-0.1, -0.05) is 23.2 Å². The van der Waals surface area contributed by atoms with Crippen LogP contribution < -0.4 is 15.0 Å². The summed E-state index contributed by atoms with van der Waals surface area (Å²) in [6, 6.07) is 3.05. The molecule has 0 aliphatic carbocycles. The quantitative estimate of drug-likeness (QED) is 0.353. The second-order valence-electron chi connectivity index (χ2n) is 10.9. The highest BCUT2D eigenvalue weighted by atomic mass is 35.5. The first-order chi connectivity index (χ1) is 19.1. The number of benzene rings is 1. The number of hydrogen-bond donors (Lipinski definition) is 0. The summed E-state index contributed by atoms with van der Waals surface area (Å²) in [6.07, 6.45) is 3.15. The predicted molar refractivity (Wildman–Crippen MR) is 156 cm³/mol. The molecule has 14 heteroatoms. The Hall–Kier alpha value is -3.09. The molecule has 0 atom stereocenters. The lowest BCUT2D eigenvalue weighted by molar-refractivity contribution is 0.0178. The van der Waals surface area contributed by atoms with Crippen molar-refractivity contribution in [3.63, 3.8) is 0 Å². The number of ether oxygens (including phenoxy) is 3. The SMILES string of the molecule is COc1cc(OC)c(Cl)c(-c2cc3cnc(S(C)(=O)=O)nc3n(CC3CCN(C(=O)OC(C)(C)C)CC3)c2=O)c1Cl. The highest BCUT2D eigenvalue weighted by Crippen LogP contribution is 2.45. The summed E-state index contributed by atoms with van der Waals surface area (Å²) in [4.78, 5) is 36.6. The summed E-state index contributed by atoms with van der Waals surface area (Å²) in [5.74, 6) is 0.492. The van der Waals surface area contributed by atoms with Gasteiger partial charge in [0, 0.05) is 49.1 Å². The summed E-state index contributed by atoms with van der Waals surface area (Å²) in [7, 11) is -0.890. The lowest BCUT2D eigenvalue weighted by atomic mass is 9.96. The van der Waals surface area contributed by atoms with Crippen molar-refractivity contribution in [2.45, 2.75) is 50.9 Å². The first-order valence-electron chi connectivity index (χ1n) is 12.8. The van der Waals surface area contributed by atoms with Crippen molar-refractivity contribution in [1.82, 2.24) is 19.4 Å². The minimum atomic E-state index is -3.75. The number of amides is 1. The molecule has 41 heavy (non-hydrogen) atoms. The molecule has 0 saturated carbocycles. The number of carbonyl (C=O) groups is 1. The van der Waals surface area contributed by atoms with E-state index in [4.69, 9.17) is 37.4 Å². The lowest BCUT2D eigenvalue weighted by Gasteiger charge is -2.33. The second-order valence-corrected chi connectivity index (χ2v) is 13.5. The molecule has 0 bridgehead atoms. The van der Waals surface area contributed by atoms with Crippen molar-refractivity contribution in [2.24, 2.45) is 5.92 Å². The number of carbonyl (C=O) groups excluding carboxylic acids is 1. The maximum Gasteiger partial charge on any atom is 0.410 e. The minimum absolute atomic E-state index is 0.0210. The van der Waals surface area contributed by atoms with E-state index in [1.165, 1.54) is 37.1 Å². The summed E-state index contributed by atoms with van der Waals surface area (Å²) >= 11 is 13.3. The van der Waals surface area contributed by atoms with Gasteiger partial charge in [-0.2, -0.15) is 4.98 Å². The Morgan fingerprint density at radius 1 is 1.07 bits per heavy atom. The highest BCUT2D eigenvalue weighted by molar-refractivity contribution is 7.90. The summed E-state index contributed by atoms with van der Waals surface area (Å²) in [6.45, 7) is 6.53. The number of fused-ring (bicyclic) bond motifs is 1. The van der Waals surface area contributed by atoms with Crippen molar-refractivity contribution in [1.29, 1.82) is 0 Å². The highest BCUT2D eigenvalue weighted by Gasteiger charge is 2.29. The predicted octanol–water partition coefficient (Wildman–Crippen LogP) is 4.83. The Morgan fingerprint density at radius 2 is 1.66 bits per heavy atom. The van der Waals surface area contributed by atoms with Crippen LogP contribution in [0.5, 0.6) is 11.5 Å². The molecule has 1 saturated heterocycles. The van der Waals surface area contributed by atoms with E-state index in [2.05, 4.69) is 9.97 Å². The van der Waals surface area contributed by atoms with Crippen LogP contribution >= 0.6 is 23.2 Å². The van der Waals surface area contributed by atoms with Crippen molar-refractivity contribution >= 4 is 50.2 Å². The number of aromatic nitrogens is 3. The number of rotatable bonds is 6. The second kappa shape index (κ2) is 11.7. The molecule has 0 unspecified atom stereocenters. The van der Waals surface area contributed by atoms with E-state index in [-0.39, 0.29) is 56.9 Å². The van der Waals surface area contributed by atoms with Gasteiger partial charge < -0.3 is 19.1 Å². The summed E-state index contributed by atoms with van der Waals surface area (Å²) in [5.41, 5.74) is -0.581. The minimum Gasteiger partial charge on any atom is -0.495 e. The number of likely N-dealkylation sites (tertiary alicyclic amines) is 1. The van der Waals surface area contributed by atoms with Gasteiger partial charge in [0.25, 0.3) is 5.56 Å². The average Bonchev–Trinajstić information content (AvgIpc) is 2.89. The van der Waals surface area contributed by atoms with Gasteiger partial charge >= 0.3 is 6.09 Å². The zero-order valence-corrected chi connectivity index (χ0v) is 26.0. The van der Waals surface area contributed by atoms with Gasteiger partial charge in [0.15, 0.2) is 0 Å². The Bertz CT molecular complexity index is 1630. The van der Waals surface area contributed by atoms with E-state index in [9.17, 15) is 18.0 Å². The zero-order chi connectivity index (χ0) is 30.3. The van der Waals surface area contributed by atoms with Gasteiger partial charge in [0.2, 0.25) is 15.0 Å². The molecule has 11 nitrogen and oxygen atoms in total. The molecule has 2 aromatic heterocycles. The molecule has 3 aromatic rings. The van der Waals surface area contributed by atoms with Crippen LogP contribution in [-0.4, -0.2) is 73.1 Å². The van der Waals surface area contributed by atoms with E-state index in [0.717, 1.165) is 6.26 Å². The standard InChI is InChI=1S/C27H32Cl2N4O7S/c1-27(2,3)40-26(35)32-9-7-15(8-10-32)14-33-23-16(13-30-25(31-23)41(6,36)37)11-17(24(33)34)20-21(28)18(38-4)12-19(39-5)22(20)29/h11-13,15H,7-10,14H2,1-6H3. The van der Waals surface area contributed by atoms with E-state index in [1.807, 2.05) is 20.8 Å². The Labute approximate surface area is 248 Å². The van der Waals surface area contributed by atoms with E-state index in [1.54, 1.807) is 4.90 Å². The van der Waals surface area contributed by atoms with Gasteiger partial charge in [0.1, 0.15) is 22.7 Å². The summed E-state index contributed by atoms with van der Waals surface area (Å²) < 4.78 is 42.2. The first kappa shape index (κ1) is 30.9. The van der Waals surface area contributed by atoms with Gasteiger partial charge in [-0.15, -0.1) is 0 Å². The molecule has 3 heterocycles. The lowest BCUT2D eigenvalue weighted by Crippen LogP contribution is -2.42. The van der Waals surface area contributed by atoms with Crippen molar-refractivity contribution in [3.05, 3.63) is 38.7 Å². The number of pyridine rings is 1. The molecule has 1 amide bonds. The number of halogens is 2. The van der Waals surface area contributed by atoms with Crippen molar-refractivity contribution in [3.8, 4) is 22.6 Å². The Morgan fingerprint density at radius 3 is 2.17 bits per heavy atom. The molecule has 1 aliphatic rings. The third-order valence-electron chi connectivity index (χ3n) is 6.69. The fourth-order valence-corrected chi connectivity index (χ4v) is 5.88. The third-order valence-corrected chi connectivity index (χ3v) is 8.30. The van der Waals surface area contributed by atoms with Gasteiger partial charge in [-0.25, -0.2) is 18.2 Å². The zero-order valence-electron chi connectivity index (χ0n) is 23.7. The molecule has 1 aromatic carbocycles. The van der Waals surface area contributed by atoms with E-state index >= 15 is 0 Å². The van der Waals surface area contributed by atoms with Gasteiger partial charge in [-0.3, -0.25) is 9.36 Å². The molecular weight excluding hydrogens is 595 g/mol. The van der Waals surface area contributed by atoms with Crippen LogP contribution in [0.4, 0.5) is 4.79 Å². The van der Waals surface area contributed by atoms with Crippen LogP contribution in [0.2, 0.25) is 10.0 Å². The summed E-state index contributed by atoms with van der Waals surface area (Å²) in [5, 5.41) is 0.234. The molecule has 1 fully saturated rings. The normalized spacial score (nSPS) is 14.8. The van der Waals surface area contributed by atoms with Crippen LogP contribution in [0.25, 0.3) is 22.2 Å². The van der Waals surface area contributed by atoms with Crippen LogP contribution in [0.3, 0.4) is 0 Å². The number of sulfone groups is 1. The number of piperidine rings is 1. The third kappa shape index (κ3) is 6.54. The number of methoxy groups -OCH3 is 2. The van der Waals surface area contributed by atoms with Crippen molar-refractivity contribution < 1.29 is 27.4 Å². The van der Waals surface area contributed by atoms with E-state index in [0.29, 0.717) is 31.3 Å². The molecule has 0 N–H and O–H groups in total. The van der Waals surface area contributed by atoms with Crippen molar-refractivity contribution in [2.75, 3.05) is 33.6 Å². The van der Waals surface area contributed by atoms with Crippen LogP contribution in [0.15, 0.2) is 28.3 Å². The topological polar surface area (TPSA) is 130 Å². The Balaban J connectivity index is 1.82. The monoisotopic (exact) mass is 626 g/mol. The maximum absolute atomic E-state index is 14.1. The molecule has 222 valence electrons. The molecule has 1 aliphatic heterocycles. The fraction of sp³-hybridized carbons (Fsp3) is 0.481. The molecule has 0 radical (unpaired) electrons. The average molecular weight is 628 g/mol. The largest absolute Gasteiger partial charge is 0.495 e. The van der Waals surface area contributed by atoms with Crippen LogP contribution in [0, 0.1) is 5.92 Å². The molecule has 4 rings (SSSR count). The molecule has 0 spiro atoms. The first-order valence-corrected chi connectivity index (χ1v) is 15.5. The fourth-order valence-electron chi connectivity index (χ4n) is 4.68. The number of hydrogen-bond acceptors (Lipinski definition) is 9. The maximum atomic E-state index is 14.1. The Kier molecular flexibility index (Phi) is 8.77. The van der Waals surface area contributed by atoms with Crippen LogP contribution in [0.1, 0.15) is 33.6 Å². The van der Waals surface area contributed by atoms with E-state index < -0.39 is 26.2 Å². The smallest absolute Gasteiger partial charge is 0.410 e. The van der Waals surface area contributed by atoms with Crippen LogP contribution in [-0.2, 0) is 21.1 Å². The van der Waals surface area contributed by atoms with Gasteiger partial charge in [0.05, 0.1) is 29.8 Å². The van der Waals surface area contributed by atoms with Gasteiger partial charge in [-0.05, 0) is 45.6 Å².